The third kappa shape index (κ3) is 4.56. The monoisotopic (exact) mass is 413 g/mol. The summed E-state index contributed by atoms with van der Waals surface area (Å²) in [6, 6.07) is 5.58. The van der Waals surface area contributed by atoms with Gasteiger partial charge in [0, 0.05) is 41.7 Å². The van der Waals surface area contributed by atoms with Crippen LogP contribution in [0.5, 0.6) is 11.6 Å². The number of ether oxygens (including phenoxy) is 2. The van der Waals surface area contributed by atoms with E-state index in [1.54, 1.807) is 37.8 Å². The third-order valence-corrected chi connectivity index (χ3v) is 5.80. The molecular weight excluding hydrogens is 390 g/mol. The minimum atomic E-state index is -0.197. The van der Waals surface area contributed by atoms with Crippen molar-refractivity contribution in [2.45, 2.75) is 25.8 Å². The molecular formula is C20H23N5O3S. The normalized spacial score (nSPS) is 17.8. The van der Waals surface area contributed by atoms with Gasteiger partial charge in [-0.3, -0.25) is 9.78 Å². The Morgan fingerprint density at radius 3 is 2.86 bits per heavy atom. The van der Waals surface area contributed by atoms with Gasteiger partial charge in [0.1, 0.15) is 16.4 Å². The van der Waals surface area contributed by atoms with Crippen LogP contribution >= 0.6 is 11.3 Å². The highest BCUT2D eigenvalue weighted by molar-refractivity contribution is 7.11. The molecule has 0 amide bonds. The second-order valence-corrected chi connectivity index (χ2v) is 8.40. The number of nitrogens with one attached hydrogen (secondary N) is 1. The zero-order valence-corrected chi connectivity index (χ0v) is 17.4. The van der Waals surface area contributed by atoms with Crippen LogP contribution in [0.1, 0.15) is 27.9 Å². The highest BCUT2D eigenvalue weighted by Crippen LogP contribution is 2.46. The lowest BCUT2D eigenvalue weighted by Crippen LogP contribution is -2.24. The van der Waals surface area contributed by atoms with Gasteiger partial charge in [-0.1, -0.05) is 0 Å². The Labute approximate surface area is 172 Å². The number of aryl methyl sites for hydroxylation is 2. The summed E-state index contributed by atoms with van der Waals surface area (Å²) in [5, 5.41) is 8.28. The number of rotatable bonds is 8. The molecule has 3 heterocycles. The first-order valence-corrected chi connectivity index (χ1v) is 10.2. The lowest BCUT2D eigenvalue weighted by molar-refractivity contribution is 0.278. The highest BCUT2D eigenvalue weighted by Gasteiger charge is 2.40. The fourth-order valence-electron chi connectivity index (χ4n) is 3.15. The molecule has 0 spiro atoms. The molecule has 29 heavy (non-hydrogen) atoms. The van der Waals surface area contributed by atoms with Crippen LogP contribution in [0.2, 0.25) is 0 Å². The smallest absolute Gasteiger partial charge is 0.290 e. The average molecular weight is 414 g/mol. The van der Waals surface area contributed by atoms with Gasteiger partial charge in [-0.05, 0) is 25.5 Å². The summed E-state index contributed by atoms with van der Waals surface area (Å²) >= 11 is 1.60. The Morgan fingerprint density at radius 2 is 2.17 bits per heavy atom. The molecule has 0 bridgehead atoms. The van der Waals surface area contributed by atoms with E-state index < -0.39 is 0 Å². The Morgan fingerprint density at radius 1 is 1.31 bits per heavy atom. The van der Waals surface area contributed by atoms with Crippen LogP contribution in [0, 0.1) is 12.8 Å². The molecule has 3 aromatic rings. The van der Waals surface area contributed by atoms with Gasteiger partial charge in [0.25, 0.3) is 5.56 Å². The van der Waals surface area contributed by atoms with Crippen molar-refractivity contribution in [3.63, 3.8) is 0 Å². The first-order chi connectivity index (χ1) is 14.0. The van der Waals surface area contributed by atoms with Gasteiger partial charge >= 0.3 is 0 Å². The van der Waals surface area contributed by atoms with Gasteiger partial charge < -0.3 is 14.8 Å². The zero-order valence-electron chi connectivity index (χ0n) is 16.6. The van der Waals surface area contributed by atoms with Gasteiger partial charge in [-0.2, -0.15) is 0 Å². The van der Waals surface area contributed by atoms with Crippen molar-refractivity contribution < 1.29 is 9.47 Å². The summed E-state index contributed by atoms with van der Waals surface area (Å²) in [6.07, 6.45) is 4.59. The van der Waals surface area contributed by atoms with Crippen molar-refractivity contribution >= 4 is 17.0 Å². The van der Waals surface area contributed by atoms with E-state index in [1.165, 1.54) is 4.68 Å². The molecule has 152 valence electrons. The molecule has 0 aromatic carbocycles. The largest absolute Gasteiger partial charge is 0.495 e. The molecule has 1 aliphatic rings. The fourth-order valence-corrected chi connectivity index (χ4v) is 3.88. The number of nitrogens with zero attached hydrogens (tertiary/aromatic N) is 4. The van der Waals surface area contributed by atoms with E-state index in [4.69, 9.17) is 9.47 Å². The number of methoxy groups -OCH3 is 1. The van der Waals surface area contributed by atoms with Crippen LogP contribution in [0.4, 0.5) is 5.69 Å². The predicted octanol–water partition coefficient (Wildman–Crippen LogP) is 2.74. The maximum absolute atomic E-state index is 12.3. The summed E-state index contributed by atoms with van der Waals surface area (Å²) in [5.74, 6) is 1.96. The number of anilines is 1. The van der Waals surface area contributed by atoms with Crippen LogP contribution in [0.3, 0.4) is 0 Å². The molecule has 0 saturated heterocycles. The Balaban J connectivity index is 1.36. The lowest BCUT2D eigenvalue weighted by atomic mass is 10.2. The zero-order chi connectivity index (χ0) is 20.4. The van der Waals surface area contributed by atoms with Crippen molar-refractivity contribution in [3.05, 3.63) is 56.5 Å². The summed E-state index contributed by atoms with van der Waals surface area (Å²) in [7, 11) is 3.25. The predicted molar refractivity (Wildman–Crippen MR) is 111 cm³/mol. The third-order valence-electron chi connectivity index (χ3n) is 4.88. The van der Waals surface area contributed by atoms with Crippen LogP contribution < -0.4 is 20.3 Å². The molecule has 2 atom stereocenters. The van der Waals surface area contributed by atoms with E-state index in [9.17, 15) is 4.79 Å². The highest BCUT2D eigenvalue weighted by atomic mass is 32.1. The van der Waals surface area contributed by atoms with Crippen LogP contribution in [-0.2, 0) is 13.6 Å². The molecule has 1 N–H and O–H groups in total. The average Bonchev–Trinajstić information content (AvgIpc) is 3.39. The molecule has 1 saturated carbocycles. The van der Waals surface area contributed by atoms with Gasteiger partial charge in [0.05, 0.1) is 26.5 Å². The second-order valence-electron chi connectivity index (χ2n) is 7.08. The number of pyridine rings is 1. The van der Waals surface area contributed by atoms with E-state index in [1.807, 2.05) is 25.3 Å². The Kier molecular flexibility index (Phi) is 5.48. The topological polar surface area (TPSA) is 91.2 Å². The number of aromatic nitrogens is 4. The van der Waals surface area contributed by atoms with Crippen LogP contribution in [0.15, 0.2) is 35.4 Å². The van der Waals surface area contributed by atoms with Crippen molar-refractivity contribution in [2.75, 3.05) is 19.0 Å². The molecule has 2 unspecified atom stereocenters. The van der Waals surface area contributed by atoms with E-state index in [0.29, 0.717) is 36.6 Å². The fraction of sp³-hybridized carbons (Fsp3) is 0.400. The molecule has 1 fully saturated rings. The summed E-state index contributed by atoms with van der Waals surface area (Å²) in [4.78, 5) is 22.2. The van der Waals surface area contributed by atoms with Crippen molar-refractivity contribution in [3.8, 4) is 11.6 Å². The molecule has 1 aliphatic carbocycles. The maximum atomic E-state index is 12.3. The van der Waals surface area contributed by atoms with E-state index in [2.05, 4.69) is 20.4 Å². The minimum absolute atomic E-state index is 0.197. The Bertz CT molecular complexity index is 1050. The van der Waals surface area contributed by atoms with Gasteiger partial charge in [-0.15, -0.1) is 16.4 Å². The minimum Gasteiger partial charge on any atom is -0.495 e. The van der Waals surface area contributed by atoms with E-state index in [0.717, 1.165) is 27.7 Å². The first kappa shape index (κ1) is 19.4. The summed E-state index contributed by atoms with van der Waals surface area (Å²) in [6.45, 7) is 3.03. The summed E-state index contributed by atoms with van der Waals surface area (Å²) in [5.41, 5.74) is 1.31. The van der Waals surface area contributed by atoms with Crippen molar-refractivity contribution in [1.29, 1.82) is 0 Å². The molecule has 4 rings (SSSR count). The first-order valence-electron chi connectivity index (χ1n) is 9.39. The van der Waals surface area contributed by atoms with E-state index >= 15 is 0 Å². The Hall–Kier alpha value is -2.94. The molecule has 9 heteroatoms. The molecule has 3 aromatic heterocycles. The van der Waals surface area contributed by atoms with Crippen molar-refractivity contribution in [1.82, 2.24) is 19.7 Å². The summed E-state index contributed by atoms with van der Waals surface area (Å²) < 4.78 is 12.3. The SMILES string of the molecule is COc1ccc(C2CC2COc2cc(NCc3ncc(C)s3)c(=O)n(C)n2)nc1. The van der Waals surface area contributed by atoms with Gasteiger partial charge in [0.15, 0.2) is 0 Å². The van der Waals surface area contributed by atoms with Crippen molar-refractivity contribution in [2.24, 2.45) is 13.0 Å². The van der Waals surface area contributed by atoms with Gasteiger partial charge in [-0.25, -0.2) is 9.67 Å². The second kappa shape index (κ2) is 8.20. The quantitative estimate of drug-likeness (QED) is 0.607. The molecule has 0 aliphatic heterocycles. The number of thiazole rings is 1. The standard InChI is InChI=1S/C20H23N5O3S/c1-12-8-23-19(29-12)10-22-17-7-18(24-25(2)20(17)26)28-11-13-6-15(13)16-5-4-14(27-3)9-21-16/h4-5,7-9,13,15,22H,6,10-11H2,1-3H3. The van der Waals surface area contributed by atoms with E-state index in [-0.39, 0.29) is 5.56 Å². The van der Waals surface area contributed by atoms with Crippen LogP contribution in [-0.4, -0.2) is 33.5 Å². The maximum Gasteiger partial charge on any atom is 0.290 e. The number of hydrogen-bond acceptors (Lipinski definition) is 8. The lowest BCUT2D eigenvalue weighted by Gasteiger charge is -2.10. The number of hydrogen-bond donors (Lipinski definition) is 1. The molecule has 8 nitrogen and oxygen atoms in total. The van der Waals surface area contributed by atoms with Crippen LogP contribution in [0.25, 0.3) is 0 Å². The molecule has 0 radical (unpaired) electrons. The van der Waals surface area contributed by atoms with Gasteiger partial charge in [0.2, 0.25) is 5.88 Å².